The van der Waals surface area contributed by atoms with E-state index < -0.39 is 11.9 Å². The fourth-order valence-corrected chi connectivity index (χ4v) is 1.74. The Morgan fingerprint density at radius 1 is 1.47 bits per heavy atom. The Morgan fingerprint density at radius 3 is 2.60 bits per heavy atom. The summed E-state index contributed by atoms with van der Waals surface area (Å²) in [6.07, 6.45) is 4.56. The molecule has 1 amide bonds. The van der Waals surface area contributed by atoms with Gasteiger partial charge in [-0.3, -0.25) is 4.79 Å². The van der Waals surface area contributed by atoms with Gasteiger partial charge in [-0.15, -0.1) is 0 Å². The third-order valence-corrected chi connectivity index (χ3v) is 2.87. The van der Waals surface area contributed by atoms with Gasteiger partial charge in [0, 0.05) is 13.1 Å². The predicted octanol–water partition coefficient (Wildman–Crippen LogP) is 0.311. The molecule has 1 unspecified atom stereocenters. The highest BCUT2D eigenvalue weighted by Gasteiger charge is 2.24. The second-order valence-electron chi connectivity index (χ2n) is 4.54. The van der Waals surface area contributed by atoms with E-state index >= 15 is 0 Å². The lowest BCUT2D eigenvalue weighted by atomic mass is 10.2. The molecule has 1 rings (SSSR count). The summed E-state index contributed by atoms with van der Waals surface area (Å²) in [5.74, 6) is 0.499. The van der Waals surface area contributed by atoms with E-state index in [9.17, 15) is 4.79 Å². The molecular formula is C11H23N3O. The monoisotopic (exact) mass is 213 g/mol. The van der Waals surface area contributed by atoms with Crippen molar-refractivity contribution in [1.29, 1.82) is 0 Å². The molecule has 0 saturated heterocycles. The van der Waals surface area contributed by atoms with Crippen LogP contribution in [-0.2, 0) is 4.79 Å². The molecule has 0 aromatic rings. The number of carbonyl (C=O) groups is 1. The first-order valence-electron chi connectivity index (χ1n) is 5.90. The number of hydrogen-bond donors (Lipinski definition) is 2. The number of nitrogens with two attached hydrogens (primary N) is 2. The smallest absolute Gasteiger partial charge is 0.234 e. The summed E-state index contributed by atoms with van der Waals surface area (Å²) in [5, 5.41) is 0. The molecule has 0 aliphatic heterocycles. The molecule has 88 valence electrons. The Morgan fingerprint density at radius 2 is 2.13 bits per heavy atom. The van der Waals surface area contributed by atoms with Crippen LogP contribution in [0.15, 0.2) is 0 Å². The highest BCUT2D eigenvalue weighted by Crippen LogP contribution is 2.29. The van der Waals surface area contributed by atoms with Gasteiger partial charge < -0.3 is 16.4 Å². The van der Waals surface area contributed by atoms with Crippen LogP contribution in [0.25, 0.3) is 0 Å². The number of rotatable bonds is 8. The molecule has 0 aromatic heterocycles. The van der Waals surface area contributed by atoms with E-state index in [1.54, 1.807) is 0 Å². The number of carbonyl (C=O) groups excluding carboxylic acids is 1. The van der Waals surface area contributed by atoms with E-state index in [1.165, 1.54) is 19.4 Å². The van der Waals surface area contributed by atoms with E-state index in [-0.39, 0.29) is 0 Å². The van der Waals surface area contributed by atoms with E-state index in [4.69, 9.17) is 11.5 Å². The first kappa shape index (κ1) is 12.5. The van der Waals surface area contributed by atoms with E-state index in [1.807, 2.05) is 0 Å². The molecule has 0 aromatic carbocycles. The molecular weight excluding hydrogens is 190 g/mol. The van der Waals surface area contributed by atoms with Crippen LogP contribution in [0.3, 0.4) is 0 Å². The van der Waals surface area contributed by atoms with E-state index in [2.05, 4.69) is 11.8 Å². The maximum atomic E-state index is 10.8. The van der Waals surface area contributed by atoms with Gasteiger partial charge in [-0.25, -0.2) is 0 Å². The minimum absolute atomic E-state index is 0.391. The Labute approximate surface area is 92.0 Å². The molecule has 1 fully saturated rings. The average molecular weight is 213 g/mol. The van der Waals surface area contributed by atoms with Gasteiger partial charge in [0.15, 0.2) is 0 Å². The molecule has 0 spiro atoms. The topological polar surface area (TPSA) is 72.3 Å². The SMILES string of the molecule is CCCN(CCC(N)C(N)=O)CC1CC1. The average Bonchev–Trinajstić information content (AvgIpc) is 2.97. The summed E-state index contributed by atoms with van der Waals surface area (Å²) in [6.45, 7) is 5.34. The lowest BCUT2D eigenvalue weighted by molar-refractivity contribution is -0.119. The molecule has 4 nitrogen and oxygen atoms in total. The standard InChI is InChI=1S/C11H23N3O/c1-2-6-14(8-9-3-4-9)7-5-10(12)11(13)15/h9-10H,2-8,12H2,1H3,(H2,13,15). The molecule has 15 heavy (non-hydrogen) atoms. The van der Waals surface area contributed by atoms with E-state index in [0.29, 0.717) is 6.42 Å². The summed E-state index contributed by atoms with van der Waals surface area (Å²) in [6, 6.07) is -0.483. The number of nitrogens with zero attached hydrogens (tertiary/aromatic N) is 1. The molecule has 4 N–H and O–H groups in total. The molecule has 0 radical (unpaired) electrons. The third kappa shape index (κ3) is 5.14. The normalized spacial score (nSPS) is 18.1. The zero-order valence-electron chi connectivity index (χ0n) is 9.61. The van der Waals surface area contributed by atoms with Crippen molar-refractivity contribution in [2.24, 2.45) is 17.4 Å². The van der Waals surface area contributed by atoms with Crippen LogP contribution >= 0.6 is 0 Å². The van der Waals surface area contributed by atoms with Crippen LogP contribution in [-0.4, -0.2) is 36.5 Å². The van der Waals surface area contributed by atoms with Crippen LogP contribution in [0.1, 0.15) is 32.6 Å². The van der Waals surface area contributed by atoms with Crippen LogP contribution in [0.2, 0.25) is 0 Å². The first-order valence-corrected chi connectivity index (χ1v) is 5.90. The molecule has 1 aliphatic rings. The summed E-state index contributed by atoms with van der Waals surface area (Å²) < 4.78 is 0. The molecule has 0 bridgehead atoms. The fraction of sp³-hybridized carbons (Fsp3) is 0.909. The van der Waals surface area contributed by atoms with Gasteiger partial charge in [0.1, 0.15) is 0 Å². The molecule has 0 heterocycles. The molecule has 4 heteroatoms. The maximum Gasteiger partial charge on any atom is 0.234 e. The lowest BCUT2D eigenvalue weighted by Gasteiger charge is -2.22. The Balaban J connectivity index is 2.20. The van der Waals surface area contributed by atoms with Gasteiger partial charge in [0.05, 0.1) is 6.04 Å². The zero-order chi connectivity index (χ0) is 11.3. The largest absolute Gasteiger partial charge is 0.368 e. The van der Waals surface area contributed by atoms with Crippen molar-refractivity contribution < 1.29 is 4.79 Å². The van der Waals surface area contributed by atoms with Gasteiger partial charge in [-0.2, -0.15) is 0 Å². The highest BCUT2D eigenvalue weighted by molar-refractivity contribution is 5.79. The lowest BCUT2D eigenvalue weighted by Crippen LogP contribution is -2.40. The number of amides is 1. The van der Waals surface area contributed by atoms with Gasteiger partial charge in [-0.05, 0) is 38.1 Å². The second kappa shape index (κ2) is 6.08. The first-order chi connectivity index (χ1) is 7.13. The van der Waals surface area contributed by atoms with Crippen molar-refractivity contribution in [3.05, 3.63) is 0 Å². The maximum absolute atomic E-state index is 10.8. The minimum atomic E-state index is -0.483. The van der Waals surface area contributed by atoms with Crippen molar-refractivity contribution in [3.63, 3.8) is 0 Å². The Hall–Kier alpha value is -0.610. The molecule has 1 atom stereocenters. The number of primary amides is 1. The van der Waals surface area contributed by atoms with Crippen molar-refractivity contribution in [2.75, 3.05) is 19.6 Å². The summed E-state index contributed by atoms with van der Waals surface area (Å²) in [7, 11) is 0. The minimum Gasteiger partial charge on any atom is -0.368 e. The van der Waals surface area contributed by atoms with Gasteiger partial charge in [0.25, 0.3) is 0 Å². The van der Waals surface area contributed by atoms with Gasteiger partial charge in [0.2, 0.25) is 5.91 Å². The van der Waals surface area contributed by atoms with Crippen molar-refractivity contribution >= 4 is 5.91 Å². The number of hydrogen-bond acceptors (Lipinski definition) is 3. The van der Waals surface area contributed by atoms with Crippen LogP contribution in [0.4, 0.5) is 0 Å². The summed E-state index contributed by atoms with van der Waals surface area (Å²) >= 11 is 0. The predicted molar refractivity (Wildman–Crippen MR) is 61.2 cm³/mol. The van der Waals surface area contributed by atoms with E-state index in [0.717, 1.165) is 25.4 Å². The van der Waals surface area contributed by atoms with Crippen molar-refractivity contribution in [3.8, 4) is 0 Å². The highest BCUT2D eigenvalue weighted by atomic mass is 16.1. The van der Waals surface area contributed by atoms with Gasteiger partial charge in [-0.1, -0.05) is 6.92 Å². The van der Waals surface area contributed by atoms with Crippen LogP contribution in [0, 0.1) is 5.92 Å². The zero-order valence-corrected chi connectivity index (χ0v) is 9.61. The van der Waals surface area contributed by atoms with Gasteiger partial charge >= 0.3 is 0 Å². The third-order valence-electron chi connectivity index (χ3n) is 2.87. The van der Waals surface area contributed by atoms with Crippen LogP contribution < -0.4 is 11.5 Å². The van der Waals surface area contributed by atoms with Crippen LogP contribution in [0.5, 0.6) is 0 Å². The summed E-state index contributed by atoms with van der Waals surface area (Å²) in [4.78, 5) is 13.2. The molecule has 1 saturated carbocycles. The van der Waals surface area contributed by atoms with Crippen molar-refractivity contribution in [1.82, 2.24) is 4.90 Å². The molecule has 1 aliphatic carbocycles. The Bertz CT molecular complexity index is 204. The Kier molecular flexibility index (Phi) is 5.05. The second-order valence-corrected chi connectivity index (χ2v) is 4.54. The summed E-state index contributed by atoms with van der Waals surface area (Å²) in [5.41, 5.74) is 10.7. The van der Waals surface area contributed by atoms with Crippen molar-refractivity contribution in [2.45, 2.75) is 38.6 Å². The fourth-order valence-electron chi connectivity index (χ4n) is 1.74. The quantitative estimate of drug-likeness (QED) is 0.609.